The van der Waals surface area contributed by atoms with E-state index >= 15 is 0 Å². The molecule has 0 N–H and O–H groups in total. The fourth-order valence-corrected chi connectivity index (χ4v) is 2.67. The number of hydrogen-bond acceptors (Lipinski definition) is 5. The molecule has 0 unspecified atom stereocenters. The SMILES string of the molecule is CCO[C@H]1CCN(N=O)[C@H](c2ccc(C(=O)OC)cc2)C1. The molecule has 1 heterocycles. The lowest BCUT2D eigenvalue weighted by Gasteiger charge is -2.35. The molecule has 0 amide bonds. The predicted octanol–water partition coefficient (Wildman–Crippen LogP) is 2.70. The molecule has 0 spiro atoms. The lowest BCUT2D eigenvalue weighted by Crippen LogP contribution is -2.36. The molecule has 2 rings (SSSR count). The Balaban J connectivity index is 2.16. The number of ether oxygens (including phenoxy) is 2. The van der Waals surface area contributed by atoms with Crippen molar-refractivity contribution < 1.29 is 14.3 Å². The minimum absolute atomic E-state index is 0.112. The van der Waals surface area contributed by atoms with E-state index in [1.54, 1.807) is 17.1 Å². The molecule has 0 aliphatic carbocycles. The Bertz CT molecular complexity index is 489. The summed E-state index contributed by atoms with van der Waals surface area (Å²) in [6.07, 6.45) is 1.66. The second-order valence-corrected chi connectivity index (χ2v) is 4.98. The number of methoxy groups -OCH3 is 1. The number of carbonyl (C=O) groups excluding carboxylic acids is 1. The van der Waals surface area contributed by atoms with Crippen molar-refractivity contribution in [3.63, 3.8) is 0 Å². The van der Waals surface area contributed by atoms with Gasteiger partial charge in [0, 0.05) is 13.2 Å². The molecule has 6 nitrogen and oxygen atoms in total. The van der Waals surface area contributed by atoms with Crippen LogP contribution in [0.4, 0.5) is 0 Å². The van der Waals surface area contributed by atoms with Gasteiger partial charge in [0.1, 0.15) is 0 Å². The number of nitroso groups, excluding NO2 is 1. The first-order valence-electron chi connectivity index (χ1n) is 7.09. The zero-order chi connectivity index (χ0) is 15.2. The Hall–Kier alpha value is -1.95. The third-order valence-corrected chi connectivity index (χ3v) is 3.75. The smallest absolute Gasteiger partial charge is 0.337 e. The summed E-state index contributed by atoms with van der Waals surface area (Å²) in [7, 11) is 1.35. The van der Waals surface area contributed by atoms with E-state index in [0.717, 1.165) is 18.4 Å². The van der Waals surface area contributed by atoms with Gasteiger partial charge in [0.15, 0.2) is 0 Å². The highest BCUT2D eigenvalue weighted by molar-refractivity contribution is 5.89. The first-order valence-corrected chi connectivity index (χ1v) is 7.09. The predicted molar refractivity (Wildman–Crippen MR) is 77.7 cm³/mol. The monoisotopic (exact) mass is 292 g/mol. The average Bonchev–Trinajstić information content (AvgIpc) is 2.54. The normalized spacial score (nSPS) is 21.9. The Labute approximate surface area is 124 Å². The average molecular weight is 292 g/mol. The van der Waals surface area contributed by atoms with Gasteiger partial charge in [-0.2, -0.15) is 0 Å². The fourth-order valence-electron chi connectivity index (χ4n) is 2.67. The topological polar surface area (TPSA) is 68.2 Å². The van der Waals surface area contributed by atoms with Gasteiger partial charge in [-0.25, -0.2) is 4.79 Å². The molecule has 6 heteroatoms. The van der Waals surface area contributed by atoms with E-state index in [0.29, 0.717) is 18.7 Å². The van der Waals surface area contributed by atoms with Crippen LogP contribution in [0.15, 0.2) is 29.6 Å². The Morgan fingerprint density at radius 1 is 1.38 bits per heavy atom. The van der Waals surface area contributed by atoms with Gasteiger partial charge in [-0.1, -0.05) is 12.1 Å². The molecule has 114 valence electrons. The van der Waals surface area contributed by atoms with Gasteiger partial charge in [-0.3, -0.25) is 5.01 Å². The van der Waals surface area contributed by atoms with E-state index in [-0.39, 0.29) is 18.1 Å². The van der Waals surface area contributed by atoms with Crippen molar-refractivity contribution in [3.8, 4) is 0 Å². The van der Waals surface area contributed by atoms with Crippen LogP contribution in [0.1, 0.15) is 41.7 Å². The van der Waals surface area contributed by atoms with Gasteiger partial charge < -0.3 is 9.47 Å². The number of hydrogen-bond donors (Lipinski definition) is 0. The lowest BCUT2D eigenvalue weighted by atomic mass is 9.94. The standard InChI is InChI=1S/C15H20N2O4/c1-3-21-13-8-9-17(16-19)14(10-13)11-4-6-12(7-5-11)15(18)20-2/h4-7,13-14H,3,8-10H2,1-2H3/t13-,14-/m0/s1. The maximum absolute atomic E-state index is 11.4. The quantitative estimate of drug-likeness (QED) is 0.616. The van der Waals surface area contributed by atoms with E-state index < -0.39 is 0 Å². The molecule has 1 aromatic carbocycles. The summed E-state index contributed by atoms with van der Waals surface area (Å²) in [5, 5.41) is 4.65. The zero-order valence-electron chi connectivity index (χ0n) is 12.3. The van der Waals surface area contributed by atoms with Crippen molar-refractivity contribution in [2.24, 2.45) is 5.29 Å². The van der Waals surface area contributed by atoms with Gasteiger partial charge in [-0.05, 0) is 37.5 Å². The Kier molecular flexibility index (Phi) is 5.27. The van der Waals surface area contributed by atoms with E-state index in [4.69, 9.17) is 4.74 Å². The van der Waals surface area contributed by atoms with Crippen LogP contribution >= 0.6 is 0 Å². The van der Waals surface area contributed by atoms with E-state index in [1.807, 2.05) is 19.1 Å². The van der Waals surface area contributed by atoms with Gasteiger partial charge in [-0.15, -0.1) is 4.91 Å². The van der Waals surface area contributed by atoms with Crippen molar-refractivity contribution in [1.82, 2.24) is 5.01 Å². The number of carbonyl (C=O) groups is 1. The van der Waals surface area contributed by atoms with Gasteiger partial charge in [0.2, 0.25) is 0 Å². The summed E-state index contributed by atoms with van der Waals surface area (Å²) in [5.74, 6) is -0.372. The second-order valence-electron chi connectivity index (χ2n) is 4.98. The highest BCUT2D eigenvalue weighted by Gasteiger charge is 2.30. The van der Waals surface area contributed by atoms with Crippen LogP contribution in [0.2, 0.25) is 0 Å². The van der Waals surface area contributed by atoms with Crippen molar-refractivity contribution in [3.05, 3.63) is 40.3 Å². The molecule has 0 saturated carbocycles. The van der Waals surface area contributed by atoms with E-state index in [1.165, 1.54) is 7.11 Å². The lowest BCUT2D eigenvalue weighted by molar-refractivity contribution is -0.0111. The number of benzene rings is 1. The summed E-state index contributed by atoms with van der Waals surface area (Å²) in [6, 6.07) is 6.97. The molecule has 1 aromatic rings. The first kappa shape index (κ1) is 15.4. The minimum Gasteiger partial charge on any atom is -0.465 e. The number of nitrogens with zero attached hydrogens (tertiary/aromatic N) is 2. The van der Waals surface area contributed by atoms with Crippen molar-refractivity contribution in [2.75, 3.05) is 20.3 Å². The molecule has 0 aromatic heterocycles. The first-order chi connectivity index (χ1) is 10.2. The maximum Gasteiger partial charge on any atom is 0.337 e. The molecule has 21 heavy (non-hydrogen) atoms. The summed E-state index contributed by atoms with van der Waals surface area (Å²) in [4.78, 5) is 22.4. The summed E-state index contributed by atoms with van der Waals surface area (Å²) < 4.78 is 10.3. The van der Waals surface area contributed by atoms with Gasteiger partial charge in [0.25, 0.3) is 0 Å². The van der Waals surface area contributed by atoms with Crippen LogP contribution in [0.3, 0.4) is 0 Å². The third-order valence-electron chi connectivity index (χ3n) is 3.75. The minimum atomic E-state index is -0.372. The number of rotatable bonds is 5. The van der Waals surface area contributed by atoms with Crippen LogP contribution in [-0.4, -0.2) is 37.3 Å². The van der Waals surface area contributed by atoms with Crippen LogP contribution < -0.4 is 0 Å². The van der Waals surface area contributed by atoms with Crippen molar-refractivity contribution in [2.45, 2.75) is 31.9 Å². The molecule has 0 bridgehead atoms. The van der Waals surface area contributed by atoms with Gasteiger partial charge >= 0.3 is 5.97 Å². The molecule has 2 atom stereocenters. The van der Waals surface area contributed by atoms with Crippen molar-refractivity contribution in [1.29, 1.82) is 0 Å². The van der Waals surface area contributed by atoms with Crippen LogP contribution in [-0.2, 0) is 9.47 Å². The molecule has 1 aliphatic rings. The molecule has 0 radical (unpaired) electrons. The molecular weight excluding hydrogens is 272 g/mol. The second kappa shape index (κ2) is 7.17. The van der Waals surface area contributed by atoms with E-state index in [2.05, 4.69) is 10.0 Å². The molecular formula is C15H20N2O4. The van der Waals surface area contributed by atoms with Crippen LogP contribution in [0.5, 0.6) is 0 Å². The van der Waals surface area contributed by atoms with Crippen molar-refractivity contribution >= 4 is 5.97 Å². The summed E-state index contributed by atoms with van der Waals surface area (Å²) >= 11 is 0. The van der Waals surface area contributed by atoms with Crippen LogP contribution in [0.25, 0.3) is 0 Å². The highest BCUT2D eigenvalue weighted by Crippen LogP contribution is 2.32. The Morgan fingerprint density at radius 3 is 2.67 bits per heavy atom. The summed E-state index contributed by atoms with van der Waals surface area (Å²) in [6.45, 7) is 3.20. The van der Waals surface area contributed by atoms with E-state index in [9.17, 15) is 9.70 Å². The summed E-state index contributed by atoms with van der Waals surface area (Å²) in [5.41, 5.74) is 1.44. The maximum atomic E-state index is 11.4. The zero-order valence-corrected chi connectivity index (χ0v) is 12.3. The van der Waals surface area contributed by atoms with Gasteiger partial charge in [0.05, 0.1) is 30.1 Å². The largest absolute Gasteiger partial charge is 0.465 e. The highest BCUT2D eigenvalue weighted by atomic mass is 16.5. The third kappa shape index (κ3) is 3.58. The molecule has 1 fully saturated rings. The number of esters is 1. The number of piperidine rings is 1. The van der Waals surface area contributed by atoms with Crippen LogP contribution in [0, 0.1) is 4.91 Å². The molecule has 1 saturated heterocycles. The fraction of sp³-hybridized carbons (Fsp3) is 0.533. The Morgan fingerprint density at radius 2 is 2.10 bits per heavy atom. The molecule has 1 aliphatic heterocycles.